The van der Waals surface area contributed by atoms with Crippen LogP contribution in [0.4, 0.5) is 0 Å². The fraction of sp³-hybridized carbons (Fsp3) is 0.190. The van der Waals surface area contributed by atoms with Gasteiger partial charge in [-0.15, -0.1) is 11.3 Å². The van der Waals surface area contributed by atoms with E-state index in [1.54, 1.807) is 0 Å². The summed E-state index contributed by atoms with van der Waals surface area (Å²) in [5, 5.41) is 4.57. The molecule has 0 bridgehead atoms. The molecule has 2 amide bonds. The number of hydrogen-bond acceptors (Lipinski definition) is 4. The molecule has 0 aliphatic rings. The lowest BCUT2D eigenvalue weighted by Gasteiger charge is -2.16. The Kier molecular flexibility index (Phi) is 6.89. The third-order valence-corrected chi connectivity index (χ3v) is 5.14. The van der Waals surface area contributed by atoms with Crippen LogP contribution in [0.3, 0.4) is 0 Å². The summed E-state index contributed by atoms with van der Waals surface area (Å²) in [6, 6.07) is 20.1. The van der Waals surface area contributed by atoms with Crippen molar-refractivity contribution in [2.45, 2.75) is 19.4 Å². The minimum atomic E-state index is -0.287. The molecule has 144 valence electrons. The Hall–Kier alpha value is -3.03. The number of hydrazine groups is 1. The molecule has 0 saturated carbocycles. The number of aryl methyl sites for hydroxylation is 1. The van der Waals surface area contributed by atoms with Gasteiger partial charge in [0.1, 0.15) is 11.0 Å². The van der Waals surface area contributed by atoms with E-state index in [0.29, 0.717) is 0 Å². The Bertz CT molecular complexity index is 873. The molecule has 0 aliphatic carbocycles. The lowest BCUT2D eigenvalue weighted by Crippen LogP contribution is -2.88. The number of thiazole rings is 1. The van der Waals surface area contributed by atoms with E-state index >= 15 is 0 Å². The van der Waals surface area contributed by atoms with E-state index in [2.05, 4.69) is 15.8 Å². The number of hydrogen-bond donors (Lipinski definition) is 3. The van der Waals surface area contributed by atoms with Gasteiger partial charge in [0.05, 0.1) is 6.42 Å². The summed E-state index contributed by atoms with van der Waals surface area (Å²) in [5.74, 6) is -0.550. The number of carbonyl (C=O) groups excluding carboxylic acids is 2. The molecule has 0 saturated heterocycles. The van der Waals surface area contributed by atoms with Gasteiger partial charge in [-0.2, -0.15) is 0 Å². The largest absolute Gasteiger partial charge is 0.328 e. The van der Waals surface area contributed by atoms with Crippen LogP contribution in [0.2, 0.25) is 0 Å². The van der Waals surface area contributed by atoms with Crippen LogP contribution in [0.15, 0.2) is 66.0 Å². The highest BCUT2D eigenvalue weighted by Gasteiger charge is 2.18. The molecule has 0 aliphatic heterocycles. The highest BCUT2D eigenvalue weighted by molar-refractivity contribution is 7.09. The third-order valence-electron chi connectivity index (χ3n) is 4.18. The van der Waals surface area contributed by atoms with E-state index in [1.165, 1.54) is 11.3 Å². The van der Waals surface area contributed by atoms with Gasteiger partial charge in [-0.1, -0.05) is 60.7 Å². The van der Waals surface area contributed by atoms with Gasteiger partial charge >= 0.3 is 0 Å². The second kappa shape index (κ2) is 9.77. The number of rotatable bonds is 7. The highest BCUT2D eigenvalue weighted by atomic mass is 32.1. The monoisotopic (exact) mass is 395 g/mol. The molecule has 2 aromatic carbocycles. The molecule has 0 unspecified atom stereocenters. The van der Waals surface area contributed by atoms with Gasteiger partial charge in [0.25, 0.3) is 5.91 Å². The van der Waals surface area contributed by atoms with Crippen LogP contribution in [-0.4, -0.2) is 23.3 Å². The maximum atomic E-state index is 12.2. The first kappa shape index (κ1) is 19.7. The number of aromatic nitrogens is 1. The van der Waals surface area contributed by atoms with Crippen LogP contribution in [0.1, 0.15) is 27.9 Å². The zero-order chi connectivity index (χ0) is 19.8. The van der Waals surface area contributed by atoms with E-state index in [9.17, 15) is 9.59 Å². The Balaban J connectivity index is 1.53. The third kappa shape index (κ3) is 5.73. The number of quaternary nitrogens is 1. The SMILES string of the molecule is Cc1csc(CC(=O)NNC(=O)C[NH2+]C(c2ccccc2)c2ccccc2)n1. The van der Waals surface area contributed by atoms with Crippen molar-refractivity contribution < 1.29 is 14.9 Å². The summed E-state index contributed by atoms with van der Waals surface area (Å²) in [7, 11) is 0. The summed E-state index contributed by atoms with van der Waals surface area (Å²) >= 11 is 1.43. The molecule has 4 N–H and O–H groups in total. The van der Waals surface area contributed by atoms with Gasteiger partial charge in [0.15, 0.2) is 6.54 Å². The summed E-state index contributed by atoms with van der Waals surface area (Å²) in [6.45, 7) is 2.07. The van der Waals surface area contributed by atoms with Gasteiger partial charge in [-0.05, 0) is 6.92 Å². The second-order valence-corrected chi connectivity index (χ2v) is 7.34. The number of benzene rings is 2. The zero-order valence-corrected chi connectivity index (χ0v) is 16.4. The average Bonchev–Trinajstić information content (AvgIpc) is 3.13. The smallest absolute Gasteiger partial charge is 0.293 e. The van der Waals surface area contributed by atoms with Crippen LogP contribution < -0.4 is 16.2 Å². The van der Waals surface area contributed by atoms with Crippen LogP contribution in [0.25, 0.3) is 0 Å². The normalized spacial score (nSPS) is 10.6. The van der Waals surface area contributed by atoms with E-state index in [0.717, 1.165) is 21.8 Å². The highest BCUT2D eigenvalue weighted by Crippen LogP contribution is 2.17. The van der Waals surface area contributed by atoms with Crippen molar-refractivity contribution in [3.8, 4) is 0 Å². The van der Waals surface area contributed by atoms with Gasteiger partial charge in [0.2, 0.25) is 5.91 Å². The van der Waals surface area contributed by atoms with Gasteiger partial charge in [0, 0.05) is 22.2 Å². The first-order valence-electron chi connectivity index (χ1n) is 9.03. The standard InChI is InChI=1S/C21H22N4O2S/c1-15-14-28-20(23-15)12-18(26)24-25-19(27)13-22-21(16-8-4-2-5-9-16)17-10-6-3-7-11-17/h2-11,14,21-22H,12-13H2,1H3,(H,24,26)(H,25,27)/p+1. The maximum absolute atomic E-state index is 12.2. The molecule has 0 atom stereocenters. The Morgan fingerprint density at radius 1 is 0.964 bits per heavy atom. The van der Waals surface area contributed by atoms with E-state index in [-0.39, 0.29) is 30.8 Å². The molecular weight excluding hydrogens is 372 g/mol. The summed E-state index contributed by atoms with van der Waals surface area (Å²) in [6.07, 6.45) is 0.152. The minimum Gasteiger partial charge on any atom is -0.328 e. The van der Waals surface area contributed by atoms with Crippen molar-refractivity contribution in [1.29, 1.82) is 0 Å². The molecular formula is C21H23N4O2S+. The molecule has 3 aromatic rings. The maximum Gasteiger partial charge on any atom is 0.293 e. The molecule has 3 rings (SSSR count). The number of nitrogens with zero attached hydrogens (tertiary/aromatic N) is 1. The molecule has 1 aromatic heterocycles. The molecule has 0 radical (unpaired) electrons. The zero-order valence-electron chi connectivity index (χ0n) is 15.6. The summed E-state index contributed by atoms with van der Waals surface area (Å²) < 4.78 is 0. The second-order valence-electron chi connectivity index (χ2n) is 6.39. The van der Waals surface area contributed by atoms with Crippen LogP contribution in [0, 0.1) is 6.92 Å². The van der Waals surface area contributed by atoms with Gasteiger partial charge < -0.3 is 5.32 Å². The first-order valence-corrected chi connectivity index (χ1v) is 9.91. The van der Waals surface area contributed by atoms with Crippen molar-refractivity contribution in [3.63, 3.8) is 0 Å². The van der Waals surface area contributed by atoms with Crippen molar-refractivity contribution in [2.24, 2.45) is 0 Å². The van der Waals surface area contributed by atoms with Crippen LogP contribution >= 0.6 is 11.3 Å². The number of nitrogens with two attached hydrogens (primary N) is 1. The minimum absolute atomic E-state index is 0.00199. The van der Waals surface area contributed by atoms with E-state index in [1.807, 2.05) is 78.3 Å². The fourth-order valence-corrected chi connectivity index (χ4v) is 3.64. The quantitative estimate of drug-likeness (QED) is 0.530. The molecule has 1 heterocycles. The Morgan fingerprint density at radius 2 is 1.54 bits per heavy atom. The van der Waals surface area contributed by atoms with Crippen molar-refractivity contribution in [1.82, 2.24) is 15.8 Å². The topological polar surface area (TPSA) is 87.7 Å². The lowest BCUT2D eigenvalue weighted by atomic mass is 9.99. The van der Waals surface area contributed by atoms with Crippen LogP contribution in [-0.2, 0) is 16.0 Å². The van der Waals surface area contributed by atoms with E-state index in [4.69, 9.17) is 0 Å². The van der Waals surface area contributed by atoms with Gasteiger partial charge in [-0.25, -0.2) is 4.98 Å². The Morgan fingerprint density at radius 3 is 2.07 bits per heavy atom. The predicted molar refractivity (Wildman–Crippen MR) is 108 cm³/mol. The van der Waals surface area contributed by atoms with Gasteiger partial charge in [-0.3, -0.25) is 20.4 Å². The van der Waals surface area contributed by atoms with Crippen LogP contribution in [0.5, 0.6) is 0 Å². The molecule has 7 heteroatoms. The molecule has 6 nitrogen and oxygen atoms in total. The molecule has 28 heavy (non-hydrogen) atoms. The lowest BCUT2D eigenvalue weighted by molar-refractivity contribution is -0.676. The Labute approximate surface area is 168 Å². The number of nitrogens with one attached hydrogen (secondary N) is 2. The first-order chi connectivity index (χ1) is 13.6. The van der Waals surface area contributed by atoms with Crippen molar-refractivity contribution in [2.75, 3.05) is 6.54 Å². The summed E-state index contributed by atoms with van der Waals surface area (Å²) in [5.41, 5.74) is 8.05. The predicted octanol–water partition coefficient (Wildman–Crippen LogP) is 1.49. The number of amides is 2. The number of carbonyl (C=O) groups is 2. The van der Waals surface area contributed by atoms with Crippen molar-refractivity contribution in [3.05, 3.63) is 87.9 Å². The molecule has 0 fully saturated rings. The molecule has 0 spiro atoms. The van der Waals surface area contributed by atoms with Crippen molar-refractivity contribution >= 4 is 23.2 Å². The fourth-order valence-electron chi connectivity index (χ4n) is 2.87. The average molecular weight is 396 g/mol. The summed E-state index contributed by atoms with van der Waals surface area (Å²) in [4.78, 5) is 28.4. The van der Waals surface area contributed by atoms with E-state index < -0.39 is 0 Å².